The highest BCUT2D eigenvalue weighted by Crippen LogP contribution is 2.37. The van der Waals surface area contributed by atoms with Crippen molar-refractivity contribution >= 4 is 37.8 Å². The third-order valence-corrected chi connectivity index (χ3v) is 9.51. The van der Waals surface area contributed by atoms with Gasteiger partial charge in [0.25, 0.3) is 0 Å². The van der Waals surface area contributed by atoms with E-state index in [2.05, 4.69) is 19.6 Å². The van der Waals surface area contributed by atoms with Crippen molar-refractivity contribution in [2.24, 2.45) is 4.36 Å². The van der Waals surface area contributed by atoms with Crippen LogP contribution in [0.25, 0.3) is 10.9 Å². The fraction of sp³-hybridized carbons (Fsp3) is 0.462. The largest absolute Gasteiger partial charge is 0.483 e. The Morgan fingerprint density at radius 1 is 1.08 bits per heavy atom. The minimum Gasteiger partial charge on any atom is -0.483 e. The van der Waals surface area contributed by atoms with E-state index in [-0.39, 0.29) is 18.3 Å². The molecule has 1 aromatic heterocycles. The van der Waals surface area contributed by atoms with Gasteiger partial charge in [-0.15, -0.1) is 0 Å². The van der Waals surface area contributed by atoms with Gasteiger partial charge in [-0.1, -0.05) is 0 Å². The van der Waals surface area contributed by atoms with Crippen molar-refractivity contribution in [1.29, 1.82) is 0 Å². The van der Waals surface area contributed by atoms with Gasteiger partial charge in [-0.3, -0.25) is 0 Å². The molecule has 0 amide bonds. The molecule has 3 aromatic rings. The van der Waals surface area contributed by atoms with Crippen molar-refractivity contribution < 1.29 is 27.5 Å². The Hall–Kier alpha value is -2.86. The van der Waals surface area contributed by atoms with Gasteiger partial charge in [-0.25, -0.2) is 18.6 Å². The van der Waals surface area contributed by atoms with Gasteiger partial charge in [0.05, 0.1) is 39.8 Å². The molecule has 37 heavy (non-hydrogen) atoms. The first kappa shape index (κ1) is 24.5. The van der Waals surface area contributed by atoms with Crippen molar-refractivity contribution in [1.82, 2.24) is 9.97 Å². The lowest BCUT2D eigenvalue weighted by Gasteiger charge is -2.21. The van der Waals surface area contributed by atoms with Gasteiger partial charge in [0.2, 0.25) is 0 Å². The molecule has 4 atom stereocenters. The number of aryl methyl sites for hydroxylation is 1. The van der Waals surface area contributed by atoms with E-state index < -0.39 is 21.7 Å². The van der Waals surface area contributed by atoms with Gasteiger partial charge in [0.1, 0.15) is 42.0 Å². The SMILES string of the molecule is CO[C@@H]1CO[C@H]2[C@@H]1OC[C@H]2Oc1cc(F)ccc1Nc1ncnc2cc(N=S3(=O)CCCC3)cc(C)c12. The average Bonchev–Trinajstić information content (AvgIpc) is 3.58. The van der Waals surface area contributed by atoms with E-state index in [1.165, 1.54) is 18.5 Å². The lowest BCUT2D eigenvalue weighted by atomic mass is 10.1. The molecule has 4 heterocycles. The molecule has 9 nitrogen and oxygen atoms in total. The summed E-state index contributed by atoms with van der Waals surface area (Å²) >= 11 is 0. The third kappa shape index (κ3) is 4.76. The van der Waals surface area contributed by atoms with Crippen molar-refractivity contribution in [3.05, 3.63) is 48.0 Å². The first-order valence-corrected chi connectivity index (χ1v) is 14.2. The maximum absolute atomic E-state index is 14.3. The van der Waals surface area contributed by atoms with Crippen LogP contribution >= 0.6 is 0 Å². The molecule has 0 spiro atoms. The predicted molar refractivity (Wildman–Crippen MR) is 138 cm³/mol. The number of hydrogen-bond donors (Lipinski definition) is 1. The second-order valence-corrected chi connectivity index (χ2v) is 12.2. The lowest BCUT2D eigenvalue weighted by Crippen LogP contribution is -2.35. The highest BCUT2D eigenvalue weighted by Gasteiger charge is 2.49. The highest BCUT2D eigenvalue weighted by molar-refractivity contribution is 7.93. The summed E-state index contributed by atoms with van der Waals surface area (Å²) in [7, 11) is -0.571. The Morgan fingerprint density at radius 2 is 1.84 bits per heavy atom. The molecule has 0 radical (unpaired) electrons. The zero-order valence-electron chi connectivity index (χ0n) is 20.7. The summed E-state index contributed by atoms with van der Waals surface area (Å²) in [5.41, 5.74) is 2.78. The fourth-order valence-corrected chi connectivity index (χ4v) is 7.47. The Kier molecular flexibility index (Phi) is 6.47. The molecular weight excluding hydrogens is 499 g/mol. The van der Waals surface area contributed by atoms with Crippen LogP contribution in [0.15, 0.2) is 41.0 Å². The molecule has 0 saturated carbocycles. The zero-order valence-corrected chi connectivity index (χ0v) is 21.5. The van der Waals surface area contributed by atoms with E-state index in [0.717, 1.165) is 23.8 Å². The number of aromatic nitrogens is 2. The second kappa shape index (κ2) is 9.79. The number of methoxy groups -OCH3 is 1. The van der Waals surface area contributed by atoms with Crippen LogP contribution in [-0.4, -0.2) is 70.4 Å². The number of rotatable bonds is 6. The number of anilines is 2. The molecule has 0 aliphatic carbocycles. The molecule has 3 aliphatic rings. The molecule has 3 fully saturated rings. The molecule has 11 heteroatoms. The van der Waals surface area contributed by atoms with Crippen molar-refractivity contribution in [2.75, 3.05) is 37.1 Å². The Balaban J connectivity index is 1.30. The fourth-order valence-electron chi connectivity index (χ4n) is 5.28. The topological polar surface area (TPSA) is 104 Å². The maximum atomic E-state index is 14.3. The summed E-state index contributed by atoms with van der Waals surface area (Å²) in [5.74, 6) is 1.73. The number of nitrogens with zero attached hydrogens (tertiary/aromatic N) is 3. The summed E-state index contributed by atoms with van der Waals surface area (Å²) < 4.78 is 55.1. The molecule has 196 valence electrons. The van der Waals surface area contributed by atoms with Gasteiger partial charge in [-0.05, 0) is 49.6 Å². The van der Waals surface area contributed by atoms with E-state index >= 15 is 0 Å². The van der Waals surface area contributed by atoms with Gasteiger partial charge >= 0.3 is 0 Å². The summed E-state index contributed by atoms with van der Waals surface area (Å²) in [6, 6.07) is 8.06. The Labute approximate surface area is 214 Å². The van der Waals surface area contributed by atoms with E-state index in [1.807, 2.05) is 19.1 Å². The van der Waals surface area contributed by atoms with Crippen LogP contribution in [0.1, 0.15) is 18.4 Å². The van der Waals surface area contributed by atoms with Crippen LogP contribution in [0, 0.1) is 12.7 Å². The number of fused-ring (bicyclic) bond motifs is 2. The highest BCUT2D eigenvalue weighted by atomic mass is 32.2. The van der Waals surface area contributed by atoms with Gasteiger partial charge in [-0.2, -0.15) is 4.36 Å². The average molecular weight is 529 g/mol. The van der Waals surface area contributed by atoms with Crippen LogP contribution < -0.4 is 10.1 Å². The van der Waals surface area contributed by atoms with Gasteiger partial charge in [0.15, 0.2) is 6.10 Å². The summed E-state index contributed by atoms with van der Waals surface area (Å²) in [5, 5.41) is 4.10. The minimum absolute atomic E-state index is 0.151. The van der Waals surface area contributed by atoms with Crippen molar-refractivity contribution in [3.8, 4) is 5.75 Å². The summed E-state index contributed by atoms with van der Waals surface area (Å²) in [4.78, 5) is 8.89. The molecule has 3 aliphatic heterocycles. The predicted octanol–water partition coefficient (Wildman–Crippen LogP) is 4.27. The minimum atomic E-state index is -2.20. The molecule has 0 unspecified atom stereocenters. The molecule has 6 rings (SSSR count). The van der Waals surface area contributed by atoms with Crippen LogP contribution in [-0.2, 0) is 23.9 Å². The van der Waals surface area contributed by atoms with E-state index in [4.69, 9.17) is 18.9 Å². The summed E-state index contributed by atoms with van der Waals surface area (Å²) in [6.07, 6.45) is 2.28. The van der Waals surface area contributed by atoms with E-state index in [0.29, 0.717) is 53.2 Å². The lowest BCUT2D eigenvalue weighted by molar-refractivity contribution is -0.0138. The van der Waals surface area contributed by atoms with Crippen molar-refractivity contribution in [2.45, 2.75) is 44.2 Å². The van der Waals surface area contributed by atoms with Crippen LogP contribution in [0.4, 0.5) is 21.6 Å². The Bertz CT molecular complexity index is 1450. The van der Waals surface area contributed by atoms with Crippen LogP contribution in [0.3, 0.4) is 0 Å². The van der Waals surface area contributed by atoms with Crippen LogP contribution in [0.5, 0.6) is 5.75 Å². The molecule has 2 aromatic carbocycles. The summed E-state index contributed by atoms with van der Waals surface area (Å²) in [6.45, 7) is 2.69. The number of hydrogen-bond acceptors (Lipinski definition) is 9. The van der Waals surface area contributed by atoms with Crippen LogP contribution in [0.2, 0.25) is 0 Å². The van der Waals surface area contributed by atoms with E-state index in [1.54, 1.807) is 13.2 Å². The standard InChI is InChI=1S/C26H29FN4O5S/c1-15-9-17(31-37(32)7-3-4-8-37)11-19-23(15)26(29-14-28-19)30-18-6-5-16(27)10-20(18)36-22-13-35-24-21(33-2)12-34-25(22)24/h5-6,9-11,14,21-22,24-25H,3-4,7-8,12-13H2,1-2H3,(H,28,29,30)/t21-,22-,24-,25-/m1/s1. The molecular formula is C26H29FN4O5S. The third-order valence-electron chi connectivity index (χ3n) is 7.11. The molecule has 3 saturated heterocycles. The monoisotopic (exact) mass is 528 g/mol. The Morgan fingerprint density at radius 3 is 2.62 bits per heavy atom. The van der Waals surface area contributed by atoms with Gasteiger partial charge in [0, 0.05) is 30.1 Å². The number of ether oxygens (including phenoxy) is 4. The van der Waals surface area contributed by atoms with Crippen molar-refractivity contribution in [3.63, 3.8) is 0 Å². The smallest absolute Gasteiger partial charge is 0.151 e. The number of benzene rings is 2. The first-order chi connectivity index (χ1) is 17.9. The second-order valence-electron chi connectivity index (χ2n) is 9.65. The quantitative estimate of drug-likeness (QED) is 0.506. The maximum Gasteiger partial charge on any atom is 0.151 e. The van der Waals surface area contributed by atoms with Gasteiger partial charge < -0.3 is 24.3 Å². The zero-order chi connectivity index (χ0) is 25.6. The normalized spacial score (nSPS) is 26.4. The molecule has 0 bridgehead atoms. The molecule has 1 N–H and O–H groups in total. The number of nitrogens with one attached hydrogen (secondary N) is 1. The first-order valence-electron chi connectivity index (χ1n) is 12.4. The number of halogens is 1. The van der Waals surface area contributed by atoms with E-state index in [9.17, 15) is 8.60 Å².